The van der Waals surface area contributed by atoms with E-state index < -0.39 is 11.9 Å². The van der Waals surface area contributed by atoms with E-state index in [9.17, 15) is 9.90 Å². The minimum atomic E-state index is -1.82. The third kappa shape index (κ3) is 6.36. The molecule has 0 radical (unpaired) electrons. The van der Waals surface area contributed by atoms with Gasteiger partial charge in [-0.25, -0.2) is 9.59 Å². The molecule has 0 bridgehead atoms. The third-order valence-electron chi connectivity index (χ3n) is 8.55. The van der Waals surface area contributed by atoms with Gasteiger partial charge < -0.3 is 25.9 Å². The van der Waals surface area contributed by atoms with Crippen LogP contribution in [0.4, 0.5) is 0 Å². The molecule has 3 aliphatic carbocycles. The van der Waals surface area contributed by atoms with Gasteiger partial charge >= 0.3 is 11.9 Å². The summed E-state index contributed by atoms with van der Waals surface area (Å²) < 4.78 is 0. The lowest BCUT2D eigenvalue weighted by atomic mass is 9.45. The maximum Gasteiger partial charge on any atom is 0.414 e. The Bertz CT molecular complexity index is 746. The van der Waals surface area contributed by atoms with Gasteiger partial charge in [-0.2, -0.15) is 0 Å². The van der Waals surface area contributed by atoms with Crippen LogP contribution in [0.5, 0.6) is 0 Å². The monoisotopic (exact) mass is 482 g/mol. The molecular formula is C25H42N2O7. The molecule has 0 spiro atoms. The van der Waals surface area contributed by atoms with Gasteiger partial charge in [0, 0.05) is 24.1 Å². The van der Waals surface area contributed by atoms with Crippen LogP contribution in [0.1, 0.15) is 78.6 Å². The number of nitrogens with two attached hydrogens (primary N) is 1. The Hall–Kier alpha value is -2.00. The summed E-state index contributed by atoms with van der Waals surface area (Å²) in [6.45, 7) is 7.68. The van der Waals surface area contributed by atoms with Gasteiger partial charge in [0.15, 0.2) is 0 Å². The molecule has 34 heavy (non-hydrogen) atoms. The molecule has 5 N–H and O–H groups in total. The second-order valence-electron chi connectivity index (χ2n) is 10.7. The summed E-state index contributed by atoms with van der Waals surface area (Å²) in [4.78, 5) is 36.7. The van der Waals surface area contributed by atoms with Gasteiger partial charge in [0.2, 0.25) is 0 Å². The first-order valence-electron chi connectivity index (χ1n) is 12.5. The number of Topliss-reactive ketones (excluding diaryl/α,β-unsaturated/α-hetero) is 1. The van der Waals surface area contributed by atoms with E-state index in [0.717, 1.165) is 57.8 Å². The van der Waals surface area contributed by atoms with Gasteiger partial charge in [-0.1, -0.05) is 32.3 Å². The highest BCUT2D eigenvalue weighted by molar-refractivity contribution is 6.27. The van der Waals surface area contributed by atoms with Crippen molar-refractivity contribution in [1.29, 1.82) is 0 Å². The fourth-order valence-corrected chi connectivity index (χ4v) is 6.83. The number of aliphatic carboxylic acids is 2. The highest BCUT2D eigenvalue weighted by Crippen LogP contribution is 2.61. The average molecular weight is 483 g/mol. The Morgan fingerprint density at radius 2 is 1.88 bits per heavy atom. The number of carboxylic acid groups (broad SMARTS) is 2. The summed E-state index contributed by atoms with van der Waals surface area (Å²) in [5.41, 5.74) is 5.45. The molecule has 194 valence electrons. The van der Waals surface area contributed by atoms with E-state index in [4.69, 9.17) is 30.4 Å². The van der Waals surface area contributed by atoms with Crippen LogP contribution in [0.2, 0.25) is 0 Å². The minimum Gasteiger partial charge on any atom is -0.473 e. The predicted molar refractivity (Wildman–Crippen MR) is 127 cm³/mol. The highest BCUT2D eigenvalue weighted by atomic mass is 16.6. The number of carbonyl (C=O) groups excluding carboxylic acids is 1. The largest absolute Gasteiger partial charge is 0.473 e. The van der Waals surface area contributed by atoms with E-state index in [0.29, 0.717) is 30.8 Å². The molecule has 3 rings (SSSR count). The number of carboxylic acids is 2. The zero-order valence-corrected chi connectivity index (χ0v) is 20.7. The Kier molecular flexibility index (Phi) is 10.1. The van der Waals surface area contributed by atoms with Crippen LogP contribution in [0.15, 0.2) is 5.16 Å². The summed E-state index contributed by atoms with van der Waals surface area (Å²) in [6.07, 6.45) is 10.5. The summed E-state index contributed by atoms with van der Waals surface area (Å²) in [5, 5.41) is 29.5. The molecule has 0 aliphatic heterocycles. The van der Waals surface area contributed by atoms with Crippen molar-refractivity contribution in [2.24, 2.45) is 45.4 Å². The second-order valence-corrected chi connectivity index (χ2v) is 10.7. The Morgan fingerprint density at radius 1 is 1.21 bits per heavy atom. The summed E-state index contributed by atoms with van der Waals surface area (Å²) in [6, 6.07) is 0. The van der Waals surface area contributed by atoms with Crippen molar-refractivity contribution in [2.75, 3.05) is 13.2 Å². The SMILES string of the molecule is CCC[C@@]1(C)CC[C@H]2[C@@H](CC[C@@H]3C[C@@H](O)C(C/C=N/OCCN)C[C@@]32C)C1=O.O=C(O)C(=O)O. The lowest BCUT2D eigenvalue weighted by Gasteiger charge is -2.59. The standard InChI is InChI=1S/C23H40N2O3.C2H2O4/c1-4-9-22(2)10-7-19-18(21(22)27)6-5-17-14-20(26)16(15-23(17,19)3)8-12-25-28-13-11-24;3-1(4)2(5)6/h12,16-20,26H,4-11,13-15,24H2,1-3H3;(H,3,4)(H,5,6)/b25-12+;/t16?,17-,18-,19+,20-,22+,23+;/m1./s1. The molecule has 3 aliphatic rings. The lowest BCUT2D eigenvalue weighted by molar-refractivity contribution is -0.159. The first-order valence-corrected chi connectivity index (χ1v) is 12.5. The van der Waals surface area contributed by atoms with Crippen molar-refractivity contribution in [3.63, 3.8) is 0 Å². The number of rotatable bonds is 7. The van der Waals surface area contributed by atoms with Gasteiger partial charge in [0.1, 0.15) is 12.4 Å². The molecule has 7 atom stereocenters. The van der Waals surface area contributed by atoms with Gasteiger partial charge in [-0.05, 0) is 74.5 Å². The number of aliphatic hydroxyl groups excluding tert-OH is 1. The number of hydrogen-bond donors (Lipinski definition) is 4. The maximum atomic E-state index is 13.4. The van der Waals surface area contributed by atoms with E-state index in [-0.39, 0.29) is 28.8 Å². The lowest BCUT2D eigenvalue weighted by Crippen LogP contribution is -2.56. The van der Waals surface area contributed by atoms with E-state index in [1.54, 1.807) is 6.21 Å². The molecular weight excluding hydrogens is 440 g/mol. The molecule has 0 heterocycles. The smallest absolute Gasteiger partial charge is 0.414 e. The summed E-state index contributed by atoms with van der Waals surface area (Å²) >= 11 is 0. The van der Waals surface area contributed by atoms with E-state index in [1.807, 2.05) is 0 Å². The number of hydrogen-bond acceptors (Lipinski definition) is 7. The number of oxime groups is 1. The Balaban J connectivity index is 0.000000604. The zero-order valence-electron chi connectivity index (χ0n) is 20.7. The summed E-state index contributed by atoms with van der Waals surface area (Å²) in [5.74, 6) is -1.68. The van der Waals surface area contributed by atoms with Crippen molar-refractivity contribution in [3.05, 3.63) is 0 Å². The van der Waals surface area contributed by atoms with Crippen LogP contribution in [0, 0.1) is 34.5 Å². The van der Waals surface area contributed by atoms with E-state index in [2.05, 4.69) is 25.9 Å². The van der Waals surface area contributed by atoms with Crippen LogP contribution in [0.3, 0.4) is 0 Å². The van der Waals surface area contributed by atoms with Crippen molar-refractivity contribution >= 4 is 23.9 Å². The molecule has 3 saturated carbocycles. The van der Waals surface area contributed by atoms with Crippen LogP contribution < -0.4 is 5.73 Å². The van der Waals surface area contributed by atoms with Gasteiger partial charge in [0.05, 0.1) is 6.10 Å². The number of aliphatic hydroxyl groups is 1. The fraction of sp³-hybridized carbons (Fsp3) is 0.840. The van der Waals surface area contributed by atoms with Crippen LogP contribution >= 0.6 is 0 Å². The Labute approximate surface area is 202 Å². The van der Waals surface area contributed by atoms with Crippen molar-refractivity contribution in [1.82, 2.24) is 0 Å². The summed E-state index contributed by atoms with van der Waals surface area (Å²) in [7, 11) is 0. The first kappa shape index (κ1) is 28.2. The van der Waals surface area contributed by atoms with Gasteiger partial charge in [-0.15, -0.1) is 0 Å². The Morgan fingerprint density at radius 3 is 2.47 bits per heavy atom. The molecule has 3 fully saturated rings. The van der Waals surface area contributed by atoms with Crippen molar-refractivity contribution in [2.45, 2.75) is 84.7 Å². The highest BCUT2D eigenvalue weighted by Gasteiger charge is 2.57. The van der Waals surface area contributed by atoms with Crippen molar-refractivity contribution in [3.8, 4) is 0 Å². The normalized spacial score (nSPS) is 37.2. The topological polar surface area (TPSA) is 160 Å². The molecule has 0 saturated heterocycles. The maximum absolute atomic E-state index is 13.4. The second kappa shape index (κ2) is 12.1. The number of ketones is 1. The molecule has 0 aromatic heterocycles. The average Bonchev–Trinajstić information content (AvgIpc) is 2.77. The van der Waals surface area contributed by atoms with Crippen LogP contribution in [0.25, 0.3) is 0 Å². The number of fused-ring (bicyclic) bond motifs is 3. The molecule has 0 aromatic rings. The van der Waals surface area contributed by atoms with Gasteiger partial charge in [-0.3, -0.25) is 4.79 Å². The van der Waals surface area contributed by atoms with Crippen molar-refractivity contribution < 1.29 is 34.5 Å². The predicted octanol–water partition coefficient (Wildman–Crippen LogP) is 3.08. The zero-order chi connectivity index (χ0) is 25.5. The first-order chi connectivity index (χ1) is 16.0. The minimum absolute atomic E-state index is 0.111. The van der Waals surface area contributed by atoms with E-state index >= 15 is 0 Å². The molecule has 0 amide bonds. The van der Waals surface area contributed by atoms with E-state index in [1.165, 1.54) is 0 Å². The fourth-order valence-electron chi connectivity index (χ4n) is 6.83. The quantitative estimate of drug-likeness (QED) is 0.186. The third-order valence-corrected chi connectivity index (χ3v) is 8.55. The molecule has 0 aromatic carbocycles. The van der Waals surface area contributed by atoms with Gasteiger partial charge in [0.25, 0.3) is 0 Å². The molecule has 9 heteroatoms. The molecule has 9 nitrogen and oxygen atoms in total. The van der Waals surface area contributed by atoms with Crippen LogP contribution in [-0.4, -0.2) is 58.5 Å². The number of nitrogens with zero attached hydrogens (tertiary/aromatic N) is 1. The number of carbonyl (C=O) groups is 3. The van der Waals surface area contributed by atoms with Crippen LogP contribution in [-0.2, 0) is 19.2 Å². The molecule has 1 unspecified atom stereocenters.